The number of hydrogen-bond donors (Lipinski definition) is 2. The molecule has 4 rings (SSSR count). The van der Waals surface area contributed by atoms with E-state index in [0.29, 0.717) is 28.2 Å². The van der Waals surface area contributed by atoms with Crippen molar-refractivity contribution in [1.29, 1.82) is 0 Å². The fourth-order valence-electron chi connectivity index (χ4n) is 3.91. The first-order chi connectivity index (χ1) is 14.2. The van der Waals surface area contributed by atoms with Gasteiger partial charge in [-0.3, -0.25) is 0 Å². The highest BCUT2D eigenvalue weighted by Crippen LogP contribution is 2.29. The van der Waals surface area contributed by atoms with E-state index in [1.54, 1.807) is 12.4 Å². The predicted molar refractivity (Wildman–Crippen MR) is 120 cm³/mol. The zero-order valence-electron chi connectivity index (χ0n) is 16.7. The third-order valence-corrected chi connectivity index (χ3v) is 6.36. The van der Waals surface area contributed by atoms with Gasteiger partial charge in [-0.25, -0.2) is 15.0 Å². The summed E-state index contributed by atoms with van der Waals surface area (Å²) in [5.74, 6) is 2.11. The highest BCUT2D eigenvalue weighted by molar-refractivity contribution is 7.99. The molecule has 0 amide bonds. The van der Waals surface area contributed by atoms with Gasteiger partial charge in [0.1, 0.15) is 10.8 Å². The molecule has 7 nitrogen and oxygen atoms in total. The van der Waals surface area contributed by atoms with Crippen molar-refractivity contribution in [3.63, 3.8) is 0 Å². The maximum atomic E-state index is 5.52. The van der Waals surface area contributed by atoms with Crippen LogP contribution in [0.1, 0.15) is 45.4 Å². The molecule has 154 valence electrons. The molecule has 3 heterocycles. The van der Waals surface area contributed by atoms with Gasteiger partial charge >= 0.3 is 0 Å². The lowest BCUT2D eigenvalue weighted by Crippen LogP contribution is -2.37. The number of aromatic nitrogens is 4. The van der Waals surface area contributed by atoms with E-state index in [9.17, 15) is 0 Å². The van der Waals surface area contributed by atoms with E-state index in [4.69, 9.17) is 17.2 Å². The zero-order chi connectivity index (χ0) is 20.1. The van der Waals surface area contributed by atoms with Crippen LogP contribution in [0.5, 0.6) is 0 Å². The molecule has 0 aromatic carbocycles. The Morgan fingerprint density at radius 1 is 1.14 bits per heavy atom. The molecule has 9 heteroatoms. The molecule has 1 unspecified atom stereocenters. The fourth-order valence-corrected chi connectivity index (χ4v) is 4.87. The smallest absolute Gasteiger partial charge is 0.232 e. The van der Waals surface area contributed by atoms with Crippen LogP contribution in [0.15, 0.2) is 34.7 Å². The van der Waals surface area contributed by atoms with Gasteiger partial charge in [-0.15, -0.1) is 0 Å². The minimum Gasteiger partial charge on any atom is -0.360 e. The SMILES string of the molecule is CC1CCCN(c2cc(Sc3ncccn3)nc(NC(=S)NC3CCCC3)n2)C1. The highest BCUT2D eigenvalue weighted by atomic mass is 32.2. The predicted octanol–water partition coefficient (Wildman–Crippen LogP) is 3.88. The second-order valence-electron chi connectivity index (χ2n) is 7.79. The summed E-state index contributed by atoms with van der Waals surface area (Å²) >= 11 is 6.95. The van der Waals surface area contributed by atoms with Crippen molar-refractivity contribution in [3.05, 3.63) is 24.5 Å². The fraction of sp³-hybridized carbons (Fsp3) is 0.550. The summed E-state index contributed by atoms with van der Waals surface area (Å²) in [5, 5.41) is 8.67. The maximum absolute atomic E-state index is 5.52. The van der Waals surface area contributed by atoms with Gasteiger partial charge in [0.15, 0.2) is 10.3 Å². The minimum absolute atomic E-state index is 0.452. The Balaban J connectivity index is 1.54. The van der Waals surface area contributed by atoms with Gasteiger partial charge < -0.3 is 15.5 Å². The molecule has 1 atom stereocenters. The molecule has 1 aliphatic carbocycles. The monoisotopic (exact) mass is 429 g/mol. The molecule has 2 aromatic heterocycles. The average Bonchev–Trinajstić information content (AvgIpc) is 3.21. The second-order valence-corrected chi connectivity index (χ2v) is 9.19. The van der Waals surface area contributed by atoms with E-state index in [0.717, 1.165) is 23.9 Å². The lowest BCUT2D eigenvalue weighted by molar-refractivity contribution is 0.444. The van der Waals surface area contributed by atoms with Crippen molar-refractivity contribution >= 4 is 40.9 Å². The van der Waals surface area contributed by atoms with Crippen LogP contribution in [0.25, 0.3) is 0 Å². The molecule has 2 aromatic rings. The van der Waals surface area contributed by atoms with Gasteiger partial charge in [-0.1, -0.05) is 19.8 Å². The Kier molecular flexibility index (Phi) is 6.76. The lowest BCUT2D eigenvalue weighted by Gasteiger charge is -2.32. The number of thiocarbonyl (C=S) groups is 1. The van der Waals surface area contributed by atoms with Crippen molar-refractivity contribution in [2.75, 3.05) is 23.3 Å². The summed E-state index contributed by atoms with van der Waals surface area (Å²) in [6.07, 6.45) is 10.8. The Hall–Kier alpha value is -2.00. The van der Waals surface area contributed by atoms with Crippen molar-refractivity contribution in [2.24, 2.45) is 5.92 Å². The number of anilines is 2. The van der Waals surface area contributed by atoms with Crippen LogP contribution in [-0.4, -0.2) is 44.2 Å². The molecule has 0 bridgehead atoms. The second kappa shape index (κ2) is 9.67. The Bertz CT molecular complexity index is 827. The quantitative estimate of drug-likeness (QED) is 0.418. The molecule has 1 aliphatic heterocycles. The minimum atomic E-state index is 0.452. The van der Waals surface area contributed by atoms with Crippen LogP contribution in [0.2, 0.25) is 0 Å². The molecule has 0 radical (unpaired) electrons. The average molecular weight is 430 g/mol. The van der Waals surface area contributed by atoms with Crippen molar-refractivity contribution in [2.45, 2.75) is 61.7 Å². The van der Waals surface area contributed by atoms with Crippen molar-refractivity contribution in [1.82, 2.24) is 25.3 Å². The van der Waals surface area contributed by atoms with Gasteiger partial charge in [0.25, 0.3) is 0 Å². The Morgan fingerprint density at radius 2 is 1.93 bits per heavy atom. The molecule has 29 heavy (non-hydrogen) atoms. The highest BCUT2D eigenvalue weighted by Gasteiger charge is 2.20. The van der Waals surface area contributed by atoms with Gasteiger partial charge in [-0.2, -0.15) is 4.98 Å². The third kappa shape index (κ3) is 5.76. The summed E-state index contributed by atoms with van der Waals surface area (Å²) in [4.78, 5) is 20.4. The first-order valence-corrected chi connectivity index (χ1v) is 11.5. The van der Waals surface area contributed by atoms with Crippen LogP contribution in [0, 0.1) is 5.92 Å². The van der Waals surface area contributed by atoms with E-state index in [2.05, 4.69) is 37.4 Å². The van der Waals surface area contributed by atoms with Gasteiger partial charge in [0.05, 0.1) is 0 Å². The molecule has 2 fully saturated rings. The van der Waals surface area contributed by atoms with Crippen LogP contribution in [0.3, 0.4) is 0 Å². The number of hydrogen-bond acceptors (Lipinski definition) is 7. The topological polar surface area (TPSA) is 78.9 Å². The third-order valence-electron chi connectivity index (χ3n) is 5.32. The zero-order valence-corrected chi connectivity index (χ0v) is 18.3. The van der Waals surface area contributed by atoms with Gasteiger partial charge in [-0.05, 0) is 61.6 Å². The number of rotatable bonds is 5. The van der Waals surface area contributed by atoms with Crippen molar-refractivity contribution in [3.8, 4) is 0 Å². The molecule has 2 aliphatic rings. The van der Waals surface area contributed by atoms with E-state index in [1.165, 1.54) is 50.3 Å². The largest absolute Gasteiger partial charge is 0.360 e. The molecule has 2 N–H and O–H groups in total. The van der Waals surface area contributed by atoms with Gasteiger partial charge in [0.2, 0.25) is 5.95 Å². The Morgan fingerprint density at radius 3 is 2.69 bits per heavy atom. The van der Waals surface area contributed by atoms with Gasteiger partial charge in [0, 0.05) is 37.6 Å². The van der Waals surface area contributed by atoms with Crippen LogP contribution in [-0.2, 0) is 0 Å². The normalized spacial score (nSPS) is 19.9. The van der Waals surface area contributed by atoms with E-state index in [-0.39, 0.29) is 0 Å². The maximum Gasteiger partial charge on any atom is 0.232 e. The van der Waals surface area contributed by atoms with Crippen LogP contribution in [0.4, 0.5) is 11.8 Å². The van der Waals surface area contributed by atoms with E-state index >= 15 is 0 Å². The molecule has 1 saturated heterocycles. The summed E-state index contributed by atoms with van der Waals surface area (Å²) in [7, 11) is 0. The number of nitrogens with zero attached hydrogens (tertiary/aromatic N) is 5. The summed E-state index contributed by atoms with van der Waals surface area (Å²) < 4.78 is 0. The summed E-state index contributed by atoms with van der Waals surface area (Å²) in [6, 6.07) is 4.29. The molecule has 1 saturated carbocycles. The Labute approximate surface area is 181 Å². The molecular formula is C20H27N7S2. The van der Waals surface area contributed by atoms with E-state index in [1.807, 2.05) is 12.1 Å². The number of nitrogens with one attached hydrogen (secondary N) is 2. The number of piperidine rings is 1. The standard InChI is InChI=1S/C20H27N7S2/c1-14-6-4-11-27(13-14)16-12-17(29-20-21-9-5-10-22-20)25-18(24-16)26-19(28)23-15-7-2-3-8-15/h5,9-10,12,14-15H,2-4,6-8,11,13H2,1H3,(H2,23,24,25,26,28). The first-order valence-electron chi connectivity index (χ1n) is 10.3. The van der Waals surface area contributed by atoms with E-state index < -0.39 is 0 Å². The molecular weight excluding hydrogens is 402 g/mol. The van der Waals surface area contributed by atoms with Crippen LogP contribution >= 0.6 is 24.0 Å². The summed E-state index contributed by atoms with van der Waals surface area (Å²) in [5.41, 5.74) is 0. The van der Waals surface area contributed by atoms with Crippen molar-refractivity contribution < 1.29 is 0 Å². The summed E-state index contributed by atoms with van der Waals surface area (Å²) in [6.45, 7) is 4.31. The first kappa shape index (κ1) is 20.3. The molecule has 0 spiro atoms. The van der Waals surface area contributed by atoms with Crippen LogP contribution < -0.4 is 15.5 Å². The lowest BCUT2D eigenvalue weighted by atomic mass is 10.0.